The normalized spacial score (nSPS) is 14.4. The molecule has 1 aliphatic rings. The molecular formula is C18H23N5O2. The van der Waals surface area contributed by atoms with E-state index in [0.717, 1.165) is 26.2 Å². The molecule has 25 heavy (non-hydrogen) atoms. The SMILES string of the molecule is Cc1cccc(N2CCN(C(=O)CCNc3c[n+]([O-])ccn3)CC2)c1. The molecule has 0 saturated carbocycles. The van der Waals surface area contributed by atoms with Gasteiger partial charge in [0.05, 0.1) is 6.20 Å². The van der Waals surface area contributed by atoms with Crippen LogP contribution >= 0.6 is 0 Å². The molecule has 3 rings (SSSR count). The van der Waals surface area contributed by atoms with Gasteiger partial charge in [0.25, 0.3) is 0 Å². The molecule has 132 valence electrons. The van der Waals surface area contributed by atoms with Crippen molar-refractivity contribution in [2.75, 3.05) is 42.9 Å². The number of carbonyl (C=O) groups is 1. The third-order valence-corrected chi connectivity index (χ3v) is 4.32. The lowest BCUT2D eigenvalue weighted by Crippen LogP contribution is -2.49. The Kier molecular flexibility index (Phi) is 5.33. The minimum Gasteiger partial charge on any atom is -0.619 e. The number of hydrogen-bond acceptors (Lipinski definition) is 5. The first-order valence-corrected chi connectivity index (χ1v) is 8.50. The number of nitrogens with one attached hydrogen (secondary N) is 1. The van der Waals surface area contributed by atoms with Gasteiger partial charge >= 0.3 is 0 Å². The molecule has 1 fully saturated rings. The summed E-state index contributed by atoms with van der Waals surface area (Å²) in [6, 6.07) is 8.45. The minimum atomic E-state index is 0.127. The summed E-state index contributed by atoms with van der Waals surface area (Å²) in [5.41, 5.74) is 2.46. The van der Waals surface area contributed by atoms with Crippen molar-refractivity contribution in [1.82, 2.24) is 9.88 Å². The molecule has 1 aliphatic heterocycles. The first-order chi connectivity index (χ1) is 12.1. The zero-order valence-electron chi connectivity index (χ0n) is 14.4. The van der Waals surface area contributed by atoms with Crippen LogP contribution in [0.25, 0.3) is 0 Å². The molecule has 0 unspecified atom stereocenters. The smallest absolute Gasteiger partial charge is 0.224 e. The van der Waals surface area contributed by atoms with Crippen LogP contribution < -0.4 is 14.9 Å². The lowest BCUT2D eigenvalue weighted by Gasteiger charge is -2.36. The Hall–Kier alpha value is -2.83. The predicted octanol–water partition coefficient (Wildman–Crippen LogP) is 1.17. The van der Waals surface area contributed by atoms with E-state index in [1.165, 1.54) is 29.8 Å². The molecule has 0 aliphatic carbocycles. The number of anilines is 2. The average molecular weight is 341 g/mol. The summed E-state index contributed by atoms with van der Waals surface area (Å²) in [7, 11) is 0. The van der Waals surface area contributed by atoms with Gasteiger partial charge in [0.1, 0.15) is 0 Å². The van der Waals surface area contributed by atoms with E-state index >= 15 is 0 Å². The predicted molar refractivity (Wildman–Crippen MR) is 96.3 cm³/mol. The first kappa shape index (κ1) is 17.0. The van der Waals surface area contributed by atoms with Crippen molar-refractivity contribution in [3.8, 4) is 0 Å². The largest absolute Gasteiger partial charge is 0.619 e. The maximum Gasteiger partial charge on any atom is 0.224 e. The van der Waals surface area contributed by atoms with Crippen LogP contribution in [0.3, 0.4) is 0 Å². The van der Waals surface area contributed by atoms with Gasteiger partial charge in [0.2, 0.25) is 12.1 Å². The number of rotatable bonds is 5. The molecule has 0 bridgehead atoms. The average Bonchev–Trinajstić information content (AvgIpc) is 2.62. The van der Waals surface area contributed by atoms with Crippen molar-refractivity contribution in [3.63, 3.8) is 0 Å². The Morgan fingerprint density at radius 3 is 2.84 bits per heavy atom. The Balaban J connectivity index is 1.44. The Labute approximate surface area is 147 Å². The summed E-state index contributed by atoms with van der Waals surface area (Å²) in [6.07, 6.45) is 4.50. The fraction of sp³-hybridized carbons (Fsp3) is 0.389. The van der Waals surface area contributed by atoms with Crippen LogP contribution in [0.2, 0.25) is 0 Å². The van der Waals surface area contributed by atoms with Gasteiger partial charge in [-0.15, -0.1) is 0 Å². The second-order valence-electron chi connectivity index (χ2n) is 6.19. The molecule has 0 atom stereocenters. The van der Waals surface area contributed by atoms with Crippen LogP contribution in [0.5, 0.6) is 0 Å². The van der Waals surface area contributed by atoms with E-state index in [9.17, 15) is 10.0 Å². The molecule has 0 radical (unpaired) electrons. The first-order valence-electron chi connectivity index (χ1n) is 8.50. The van der Waals surface area contributed by atoms with E-state index < -0.39 is 0 Å². The molecule has 1 saturated heterocycles. The van der Waals surface area contributed by atoms with Crippen LogP contribution in [0.1, 0.15) is 12.0 Å². The molecule has 2 heterocycles. The maximum absolute atomic E-state index is 12.3. The second kappa shape index (κ2) is 7.83. The van der Waals surface area contributed by atoms with Crippen LogP contribution in [0, 0.1) is 12.1 Å². The van der Waals surface area contributed by atoms with Crippen molar-refractivity contribution in [3.05, 3.63) is 53.6 Å². The maximum atomic E-state index is 12.3. The molecule has 7 nitrogen and oxygen atoms in total. The van der Waals surface area contributed by atoms with Gasteiger partial charge in [-0.05, 0) is 24.6 Å². The van der Waals surface area contributed by atoms with E-state index in [4.69, 9.17) is 0 Å². The molecule has 1 amide bonds. The van der Waals surface area contributed by atoms with Gasteiger partial charge in [0.15, 0.2) is 12.0 Å². The summed E-state index contributed by atoms with van der Waals surface area (Å²) in [5, 5.41) is 14.2. The fourth-order valence-corrected chi connectivity index (χ4v) is 2.96. The van der Waals surface area contributed by atoms with Gasteiger partial charge in [-0.1, -0.05) is 12.1 Å². The quantitative estimate of drug-likeness (QED) is 0.653. The summed E-state index contributed by atoms with van der Waals surface area (Å²) < 4.78 is 0.682. The number of nitrogens with zero attached hydrogens (tertiary/aromatic N) is 4. The Bertz CT molecular complexity index is 729. The summed E-state index contributed by atoms with van der Waals surface area (Å²) >= 11 is 0. The van der Waals surface area contributed by atoms with Crippen molar-refractivity contribution in [1.29, 1.82) is 0 Å². The molecule has 1 N–H and O–H groups in total. The Morgan fingerprint density at radius 2 is 2.12 bits per heavy atom. The number of benzene rings is 1. The third-order valence-electron chi connectivity index (χ3n) is 4.32. The summed E-state index contributed by atoms with van der Waals surface area (Å²) in [4.78, 5) is 20.6. The monoisotopic (exact) mass is 341 g/mol. The van der Waals surface area contributed by atoms with E-state index in [0.29, 0.717) is 23.5 Å². The second-order valence-corrected chi connectivity index (χ2v) is 6.19. The van der Waals surface area contributed by atoms with Crippen molar-refractivity contribution >= 4 is 17.4 Å². The number of hydrogen-bond donors (Lipinski definition) is 1. The van der Waals surface area contributed by atoms with Crippen LogP contribution in [-0.4, -0.2) is 48.5 Å². The molecule has 0 spiro atoms. The van der Waals surface area contributed by atoms with Crippen molar-refractivity contribution < 1.29 is 9.52 Å². The summed E-state index contributed by atoms with van der Waals surface area (Å²) in [6.45, 7) is 5.71. The molecular weight excluding hydrogens is 318 g/mol. The fourth-order valence-electron chi connectivity index (χ4n) is 2.96. The Morgan fingerprint density at radius 1 is 1.32 bits per heavy atom. The standard InChI is InChI=1S/C18H23N5O2/c1-15-3-2-4-16(13-15)21-9-11-22(12-10-21)18(24)5-6-19-17-14-23(25)8-7-20-17/h2-4,7-8,13-14H,5-6,9-12H2,1H3,(H,19,20). The van der Waals surface area contributed by atoms with E-state index in [1.807, 2.05) is 4.90 Å². The molecule has 7 heteroatoms. The third kappa shape index (κ3) is 4.59. The molecule has 2 aromatic rings. The number of aromatic nitrogens is 2. The van der Waals surface area contributed by atoms with Crippen LogP contribution in [0.4, 0.5) is 11.5 Å². The minimum absolute atomic E-state index is 0.127. The van der Waals surface area contributed by atoms with Gasteiger partial charge in [-0.2, -0.15) is 4.73 Å². The van der Waals surface area contributed by atoms with Gasteiger partial charge in [-0.25, -0.2) is 4.98 Å². The van der Waals surface area contributed by atoms with Crippen LogP contribution in [0.15, 0.2) is 42.9 Å². The zero-order valence-corrected chi connectivity index (χ0v) is 14.4. The topological polar surface area (TPSA) is 75.4 Å². The van der Waals surface area contributed by atoms with E-state index in [1.54, 1.807) is 0 Å². The highest BCUT2D eigenvalue weighted by atomic mass is 16.5. The highest BCUT2D eigenvalue weighted by molar-refractivity contribution is 5.77. The van der Waals surface area contributed by atoms with E-state index in [2.05, 4.69) is 46.4 Å². The molecule has 1 aromatic carbocycles. The molecule has 1 aromatic heterocycles. The number of amides is 1. The number of piperazine rings is 1. The lowest BCUT2D eigenvalue weighted by atomic mass is 10.2. The van der Waals surface area contributed by atoms with Gasteiger partial charge in [0, 0.05) is 44.8 Å². The number of carbonyl (C=O) groups excluding carboxylic acids is 1. The van der Waals surface area contributed by atoms with Crippen LogP contribution in [-0.2, 0) is 4.79 Å². The lowest BCUT2D eigenvalue weighted by molar-refractivity contribution is -0.605. The highest BCUT2D eigenvalue weighted by Crippen LogP contribution is 2.18. The number of aryl methyl sites for hydroxylation is 1. The van der Waals surface area contributed by atoms with Gasteiger partial charge in [-0.3, -0.25) is 4.79 Å². The van der Waals surface area contributed by atoms with Gasteiger partial charge < -0.3 is 20.3 Å². The van der Waals surface area contributed by atoms with Crippen molar-refractivity contribution in [2.45, 2.75) is 13.3 Å². The highest BCUT2D eigenvalue weighted by Gasteiger charge is 2.21. The summed E-state index contributed by atoms with van der Waals surface area (Å²) in [5.74, 6) is 0.608. The van der Waals surface area contributed by atoms with Crippen molar-refractivity contribution in [2.24, 2.45) is 0 Å². The van der Waals surface area contributed by atoms with E-state index in [-0.39, 0.29) is 5.91 Å². The zero-order chi connectivity index (χ0) is 17.6.